The van der Waals surface area contributed by atoms with E-state index in [0.29, 0.717) is 24.5 Å². The molecular formula is C16H17ClN2O2. The monoisotopic (exact) mass is 304 g/mol. The van der Waals surface area contributed by atoms with Gasteiger partial charge in [-0.25, -0.2) is 0 Å². The van der Waals surface area contributed by atoms with Crippen LogP contribution < -0.4 is 0 Å². The Morgan fingerprint density at radius 1 is 1.29 bits per heavy atom. The van der Waals surface area contributed by atoms with Crippen LogP contribution in [-0.2, 0) is 16.0 Å². The zero-order chi connectivity index (χ0) is 15.2. The third-order valence-corrected chi connectivity index (χ3v) is 4.08. The molecule has 110 valence electrons. The molecule has 4 nitrogen and oxygen atoms in total. The Balaban J connectivity index is 1.96. The van der Waals surface area contributed by atoms with Gasteiger partial charge in [0.05, 0.1) is 6.07 Å². The van der Waals surface area contributed by atoms with Gasteiger partial charge in [-0.1, -0.05) is 29.8 Å². The number of hydrogen-bond donors (Lipinski definition) is 0. The van der Waals surface area contributed by atoms with E-state index in [2.05, 4.69) is 0 Å². The number of halogens is 1. The van der Waals surface area contributed by atoms with Gasteiger partial charge in [0.15, 0.2) is 11.7 Å². The molecule has 0 bridgehead atoms. The van der Waals surface area contributed by atoms with Gasteiger partial charge in [0.1, 0.15) is 0 Å². The first kappa shape index (κ1) is 15.5. The lowest BCUT2D eigenvalue weighted by atomic mass is 9.98. The van der Waals surface area contributed by atoms with Crippen molar-refractivity contribution in [3.05, 3.63) is 34.9 Å². The number of rotatable bonds is 5. The molecule has 5 heteroatoms. The van der Waals surface area contributed by atoms with Crippen molar-refractivity contribution in [3.8, 4) is 6.07 Å². The summed E-state index contributed by atoms with van der Waals surface area (Å²) in [6, 6.07) is 9.14. The predicted molar refractivity (Wildman–Crippen MR) is 79.7 cm³/mol. The number of carbonyl (C=O) groups excluding carboxylic acids is 2. The SMILES string of the molecule is N#CC(C(=O)CCc1ccccc1Cl)C(=O)N1CCCC1. The van der Waals surface area contributed by atoms with Gasteiger partial charge in [-0.2, -0.15) is 5.26 Å². The van der Waals surface area contributed by atoms with Crippen molar-refractivity contribution in [1.29, 1.82) is 5.26 Å². The second-order valence-corrected chi connectivity index (χ2v) is 5.56. The molecule has 1 heterocycles. The first-order chi connectivity index (χ1) is 10.1. The Bertz CT molecular complexity index is 574. The third kappa shape index (κ3) is 3.83. The molecule has 0 N–H and O–H groups in total. The van der Waals surface area contributed by atoms with Gasteiger partial charge in [-0.3, -0.25) is 9.59 Å². The summed E-state index contributed by atoms with van der Waals surface area (Å²) in [6.07, 6.45) is 2.49. The fraction of sp³-hybridized carbons (Fsp3) is 0.438. The lowest BCUT2D eigenvalue weighted by Gasteiger charge is -2.18. The first-order valence-electron chi connectivity index (χ1n) is 7.08. The van der Waals surface area contributed by atoms with Crippen LogP contribution in [0, 0.1) is 17.2 Å². The fourth-order valence-corrected chi connectivity index (χ4v) is 2.72. The number of hydrogen-bond acceptors (Lipinski definition) is 3. The molecule has 1 unspecified atom stereocenters. The number of nitrogens with zero attached hydrogens (tertiary/aromatic N) is 2. The minimum absolute atomic E-state index is 0.154. The molecular weight excluding hydrogens is 288 g/mol. The molecule has 0 spiro atoms. The summed E-state index contributed by atoms with van der Waals surface area (Å²) in [5, 5.41) is 9.74. The van der Waals surface area contributed by atoms with Crippen LogP contribution in [0.1, 0.15) is 24.8 Å². The summed E-state index contributed by atoms with van der Waals surface area (Å²) in [5.41, 5.74) is 0.859. The quantitative estimate of drug-likeness (QED) is 0.786. The van der Waals surface area contributed by atoms with E-state index in [9.17, 15) is 9.59 Å². The average molecular weight is 305 g/mol. The van der Waals surface area contributed by atoms with Crippen LogP contribution in [0.5, 0.6) is 0 Å². The zero-order valence-electron chi connectivity index (χ0n) is 11.7. The van der Waals surface area contributed by atoms with Crippen LogP contribution in [0.2, 0.25) is 5.02 Å². The van der Waals surface area contributed by atoms with E-state index < -0.39 is 5.92 Å². The topological polar surface area (TPSA) is 61.2 Å². The Hall–Kier alpha value is -1.86. The average Bonchev–Trinajstić information content (AvgIpc) is 3.01. The number of Topliss-reactive ketones (excluding diaryl/α,β-unsaturated/α-hetero) is 1. The molecule has 0 aliphatic carbocycles. The van der Waals surface area contributed by atoms with Crippen molar-refractivity contribution in [1.82, 2.24) is 4.90 Å². The Kier molecular flexibility index (Phi) is 5.35. The standard InChI is InChI=1S/C16H17ClN2O2/c17-14-6-2-1-5-12(14)7-8-15(20)13(11-18)16(21)19-9-3-4-10-19/h1-2,5-6,13H,3-4,7-10H2. The minimum Gasteiger partial charge on any atom is -0.341 e. The van der Waals surface area contributed by atoms with Gasteiger partial charge in [-0.15, -0.1) is 0 Å². The van der Waals surface area contributed by atoms with Crippen LogP contribution in [0.4, 0.5) is 0 Å². The van der Waals surface area contributed by atoms with Gasteiger partial charge in [0, 0.05) is 24.5 Å². The molecule has 2 rings (SSSR count). The number of nitriles is 1. The number of carbonyl (C=O) groups is 2. The van der Waals surface area contributed by atoms with E-state index in [1.54, 1.807) is 11.0 Å². The summed E-state index contributed by atoms with van der Waals surface area (Å²) in [6.45, 7) is 1.30. The molecule has 0 aromatic heterocycles. The van der Waals surface area contributed by atoms with E-state index >= 15 is 0 Å². The summed E-state index contributed by atoms with van der Waals surface area (Å²) < 4.78 is 0. The smallest absolute Gasteiger partial charge is 0.247 e. The molecule has 1 fully saturated rings. The van der Waals surface area contributed by atoms with E-state index in [1.165, 1.54) is 0 Å². The number of ketones is 1. The maximum atomic E-state index is 12.2. The van der Waals surface area contributed by atoms with E-state index in [1.807, 2.05) is 24.3 Å². The van der Waals surface area contributed by atoms with Crippen molar-refractivity contribution in [2.24, 2.45) is 5.92 Å². The number of aryl methyl sites for hydroxylation is 1. The van der Waals surface area contributed by atoms with Gasteiger partial charge in [-0.05, 0) is 30.9 Å². The van der Waals surface area contributed by atoms with Gasteiger partial charge in [0.25, 0.3) is 0 Å². The predicted octanol–water partition coefficient (Wildman–Crippen LogP) is 2.60. The number of benzene rings is 1. The lowest BCUT2D eigenvalue weighted by molar-refractivity contribution is -0.138. The minimum atomic E-state index is -1.18. The molecule has 0 radical (unpaired) electrons. The van der Waals surface area contributed by atoms with E-state index in [-0.39, 0.29) is 18.1 Å². The second kappa shape index (κ2) is 7.24. The van der Waals surface area contributed by atoms with Crippen molar-refractivity contribution in [2.45, 2.75) is 25.7 Å². The van der Waals surface area contributed by atoms with Gasteiger partial charge in [0.2, 0.25) is 5.91 Å². The van der Waals surface area contributed by atoms with E-state index in [4.69, 9.17) is 16.9 Å². The molecule has 21 heavy (non-hydrogen) atoms. The summed E-state index contributed by atoms with van der Waals surface area (Å²) in [4.78, 5) is 25.9. The highest BCUT2D eigenvalue weighted by atomic mass is 35.5. The summed E-state index contributed by atoms with van der Waals surface area (Å²) in [7, 11) is 0. The molecule has 0 saturated carbocycles. The number of likely N-dealkylation sites (tertiary alicyclic amines) is 1. The molecule has 1 saturated heterocycles. The van der Waals surface area contributed by atoms with Gasteiger partial charge < -0.3 is 4.90 Å². The Morgan fingerprint density at radius 3 is 2.57 bits per heavy atom. The van der Waals surface area contributed by atoms with Crippen molar-refractivity contribution >= 4 is 23.3 Å². The lowest BCUT2D eigenvalue weighted by Crippen LogP contribution is -2.37. The maximum Gasteiger partial charge on any atom is 0.247 e. The molecule has 1 aliphatic heterocycles. The third-order valence-electron chi connectivity index (χ3n) is 3.71. The van der Waals surface area contributed by atoms with Crippen LogP contribution in [0.25, 0.3) is 0 Å². The summed E-state index contributed by atoms with van der Waals surface area (Å²) >= 11 is 6.04. The summed E-state index contributed by atoms with van der Waals surface area (Å²) in [5.74, 6) is -1.85. The van der Waals surface area contributed by atoms with Crippen LogP contribution in [-0.4, -0.2) is 29.7 Å². The number of amides is 1. The molecule has 1 aromatic carbocycles. The Morgan fingerprint density at radius 2 is 1.95 bits per heavy atom. The van der Waals surface area contributed by atoms with Crippen LogP contribution in [0.3, 0.4) is 0 Å². The van der Waals surface area contributed by atoms with Crippen LogP contribution >= 0.6 is 11.6 Å². The van der Waals surface area contributed by atoms with E-state index in [0.717, 1.165) is 18.4 Å². The first-order valence-corrected chi connectivity index (χ1v) is 7.46. The van der Waals surface area contributed by atoms with Crippen molar-refractivity contribution in [3.63, 3.8) is 0 Å². The highest BCUT2D eigenvalue weighted by Crippen LogP contribution is 2.19. The Labute approximate surface area is 129 Å². The largest absolute Gasteiger partial charge is 0.341 e. The normalized spacial score (nSPS) is 15.5. The zero-order valence-corrected chi connectivity index (χ0v) is 12.5. The van der Waals surface area contributed by atoms with Gasteiger partial charge >= 0.3 is 0 Å². The maximum absolute atomic E-state index is 12.2. The molecule has 1 atom stereocenters. The second-order valence-electron chi connectivity index (χ2n) is 5.15. The highest BCUT2D eigenvalue weighted by Gasteiger charge is 2.31. The fourth-order valence-electron chi connectivity index (χ4n) is 2.49. The molecule has 1 amide bonds. The van der Waals surface area contributed by atoms with Crippen molar-refractivity contribution < 1.29 is 9.59 Å². The molecule has 1 aliphatic rings. The van der Waals surface area contributed by atoms with Crippen molar-refractivity contribution in [2.75, 3.05) is 13.1 Å². The van der Waals surface area contributed by atoms with Crippen LogP contribution in [0.15, 0.2) is 24.3 Å². The molecule has 1 aromatic rings. The highest BCUT2D eigenvalue weighted by molar-refractivity contribution is 6.31.